The molecule has 5 nitrogen and oxygen atoms in total. The van der Waals surface area contributed by atoms with Gasteiger partial charge in [0.05, 0.1) is 31.5 Å². The van der Waals surface area contributed by atoms with E-state index in [-0.39, 0.29) is 0 Å². The van der Waals surface area contributed by atoms with Crippen molar-refractivity contribution < 1.29 is 34.8 Å². The number of quaternary nitrogens is 1. The lowest BCUT2D eigenvalue weighted by Crippen LogP contribution is -3.06. The molecule has 2 N–H and O–H groups in total. The van der Waals surface area contributed by atoms with Crippen LogP contribution in [0.5, 0.6) is 0 Å². The first kappa shape index (κ1) is 12.7. The van der Waals surface area contributed by atoms with E-state index in [4.69, 9.17) is 19.1 Å². The second-order valence-corrected chi connectivity index (χ2v) is 2.25. The van der Waals surface area contributed by atoms with Gasteiger partial charge >= 0.3 is 0 Å². The molecule has 0 bridgehead atoms. The number of aliphatic hydroxyl groups is 1. The van der Waals surface area contributed by atoms with E-state index in [9.17, 15) is 0 Å². The zero-order valence-corrected chi connectivity index (χ0v) is 6.72. The van der Waals surface area contributed by atoms with Crippen molar-refractivity contribution in [2.24, 2.45) is 0 Å². The molecular weight excluding hydrogens is 161 g/mol. The fourth-order valence-electron chi connectivity index (χ4n) is 0.224. The van der Waals surface area contributed by atoms with E-state index in [0.717, 1.165) is 6.54 Å². The highest BCUT2D eigenvalue weighted by Crippen LogP contribution is 1.35. The van der Waals surface area contributed by atoms with E-state index >= 15 is 0 Å². The zero-order chi connectivity index (χ0) is 8.57. The number of nitrogens with one attached hydrogen (secondary N) is 1. The minimum atomic E-state index is -2.85. The molecule has 0 fully saturated rings. The Morgan fingerprint density at radius 1 is 1.30 bits per heavy atom. The van der Waals surface area contributed by atoms with Crippen molar-refractivity contribution in [2.75, 3.05) is 27.2 Å². The number of hydrogen-bond acceptors (Lipinski definition) is 4. The molecule has 0 aliphatic heterocycles. The molecule has 0 saturated heterocycles. The molecule has 10 heavy (non-hydrogen) atoms. The molecule has 0 unspecified atom stereocenters. The summed E-state index contributed by atoms with van der Waals surface area (Å²) in [7, 11) is 1.17. The van der Waals surface area contributed by atoms with Crippen LogP contribution in [0, 0.1) is 10.8 Å². The number of aliphatic hydroxyl groups excluding tert-OH is 1. The van der Waals surface area contributed by atoms with Crippen molar-refractivity contribution in [2.45, 2.75) is 0 Å². The summed E-state index contributed by atoms with van der Waals surface area (Å²) < 4.78 is 25.2. The summed E-state index contributed by atoms with van der Waals surface area (Å²) in [6.45, 7) is 1.14. The Bertz CT molecular complexity index is 58.5. The van der Waals surface area contributed by atoms with Crippen molar-refractivity contribution >= 4 is 0 Å². The average molecular weight is 174 g/mol. The molecule has 0 amide bonds. The topological polar surface area (TPSA) is 93.9 Å². The summed E-state index contributed by atoms with van der Waals surface area (Å²) in [5.74, 6) is 0. The third-order valence-electron chi connectivity index (χ3n) is 0.612. The van der Waals surface area contributed by atoms with Gasteiger partial charge in [0.25, 0.3) is 0 Å². The van der Waals surface area contributed by atoms with Gasteiger partial charge in [-0.2, -0.15) is 0 Å². The lowest BCUT2D eigenvalue weighted by molar-refractivity contribution is -1.73. The quantitative estimate of drug-likeness (QED) is 0.436. The highest BCUT2D eigenvalue weighted by Gasteiger charge is 1.84. The summed E-state index contributed by atoms with van der Waals surface area (Å²) >= 11 is 0. The van der Waals surface area contributed by atoms with E-state index in [1.54, 1.807) is 0 Å². The second-order valence-electron chi connectivity index (χ2n) is 1.87. The predicted molar refractivity (Wildman–Crippen MR) is 24.8 cm³/mol. The number of rotatable bonds is 2. The maximum absolute atomic E-state index is 8.41. The lowest BCUT2D eigenvalue weighted by atomic mass is 10.6. The Morgan fingerprint density at radius 2 is 1.60 bits per heavy atom. The molecule has 64 valence electrons. The van der Waals surface area contributed by atoms with Crippen LogP contribution in [0.1, 0.15) is 0 Å². The van der Waals surface area contributed by atoms with Crippen LogP contribution in [0.25, 0.3) is 0 Å². The number of likely N-dealkylation sites (N-methyl/N-ethyl adjacent to an activating group) is 1. The number of hydrogen-bond donors (Lipinski definition) is 2. The molecular formula is C4H12ClNO4. The molecule has 0 aromatic carbocycles. The lowest BCUT2D eigenvalue weighted by Gasteiger charge is -2.00. The maximum atomic E-state index is 8.41. The monoisotopic (exact) mass is 173 g/mol. The molecule has 0 radical (unpaired) electrons. The minimum Gasteiger partial charge on any atom is -0.391 e. The summed E-state index contributed by atoms with van der Waals surface area (Å²) in [5, 5.41) is 8.22. The van der Waals surface area contributed by atoms with E-state index in [1.165, 1.54) is 4.90 Å². The van der Waals surface area contributed by atoms with Gasteiger partial charge in [0.2, 0.25) is 0 Å². The molecule has 0 heterocycles. The van der Waals surface area contributed by atoms with Crippen LogP contribution in [-0.2, 0) is 0 Å². The Kier molecular flexibility index (Phi) is 11.6. The minimum absolute atomic E-state index is 0.294. The summed E-state index contributed by atoms with van der Waals surface area (Å²) in [4.78, 5) is 1.29. The van der Waals surface area contributed by atoms with Crippen LogP contribution in [0.4, 0.5) is 0 Å². The molecule has 0 aliphatic rings. The standard InChI is InChI=1S/C4H11NO.ClO3/c1-5(2)3-4-6;2-1(3)4/h6H,3-4H2,1-2H3;/q;-1/p+1. The van der Waals surface area contributed by atoms with Gasteiger partial charge < -0.3 is 24.0 Å². The van der Waals surface area contributed by atoms with Crippen LogP contribution < -0.4 is 18.9 Å². The molecule has 0 atom stereocenters. The molecule has 0 spiro atoms. The Balaban J connectivity index is 0. The Morgan fingerprint density at radius 3 is 1.60 bits per heavy atom. The van der Waals surface area contributed by atoms with Gasteiger partial charge in [-0.15, -0.1) is 0 Å². The van der Waals surface area contributed by atoms with Gasteiger partial charge in [0, 0.05) is 0 Å². The SMILES string of the molecule is C[NH+](C)CCO.[O-][Cl+2]([O-])[O-]. The number of halogens is 1. The van der Waals surface area contributed by atoms with Crippen LogP contribution >= 0.6 is 0 Å². The van der Waals surface area contributed by atoms with Gasteiger partial charge in [-0.05, 0) is 0 Å². The van der Waals surface area contributed by atoms with E-state index in [0.29, 0.717) is 6.61 Å². The first-order valence-electron chi connectivity index (χ1n) is 2.63. The maximum Gasteiger partial charge on any atom is 0.100 e. The van der Waals surface area contributed by atoms with Gasteiger partial charge in [0.15, 0.2) is 0 Å². The van der Waals surface area contributed by atoms with Gasteiger partial charge in [-0.1, -0.05) is 0 Å². The average Bonchev–Trinajstić information content (AvgIpc) is 1.62. The van der Waals surface area contributed by atoms with Gasteiger partial charge in [-0.25, -0.2) is 0 Å². The smallest absolute Gasteiger partial charge is 0.100 e. The largest absolute Gasteiger partial charge is 0.391 e. The van der Waals surface area contributed by atoms with E-state index < -0.39 is 10.8 Å². The molecule has 0 rings (SSSR count). The molecule has 0 aromatic heterocycles. The molecule has 0 saturated carbocycles. The van der Waals surface area contributed by atoms with Gasteiger partial charge in [-0.3, -0.25) is 0 Å². The molecule has 6 heteroatoms. The Labute approximate surface area is 62.9 Å². The summed E-state index contributed by atoms with van der Waals surface area (Å²) in [6, 6.07) is 0. The highest BCUT2D eigenvalue weighted by atomic mass is 35.6. The van der Waals surface area contributed by atoms with E-state index in [1.807, 2.05) is 14.1 Å². The van der Waals surface area contributed by atoms with Gasteiger partial charge in [0.1, 0.15) is 6.54 Å². The molecule has 0 aromatic rings. The normalized spacial score (nSPS) is 9.60. The summed E-state index contributed by atoms with van der Waals surface area (Å²) in [5.41, 5.74) is 0. The van der Waals surface area contributed by atoms with Crippen LogP contribution in [0.2, 0.25) is 0 Å². The third-order valence-corrected chi connectivity index (χ3v) is 0.612. The second kappa shape index (κ2) is 9.09. The van der Waals surface area contributed by atoms with Crippen LogP contribution in [0.3, 0.4) is 0 Å². The first-order chi connectivity index (χ1) is 4.50. The predicted octanol–water partition coefficient (Wildman–Crippen LogP) is -5.44. The highest BCUT2D eigenvalue weighted by molar-refractivity contribution is 4.10. The third kappa shape index (κ3) is 42.6. The zero-order valence-electron chi connectivity index (χ0n) is 5.96. The van der Waals surface area contributed by atoms with Crippen molar-refractivity contribution in [3.63, 3.8) is 0 Å². The van der Waals surface area contributed by atoms with Crippen molar-refractivity contribution in [3.8, 4) is 0 Å². The van der Waals surface area contributed by atoms with Crippen molar-refractivity contribution in [1.82, 2.24) is 0 Å². The van der Waals surface area contributed by atoms with Crippen molar-refractivity contribution in [1.29, 1.82) is 0 Å². The first-order valence-corrected chi connectivity index (χ1v) is 3.56. The fourth-order valence-corrected chi connectivity index (χ4v) is 0.224. The van der Waals surface area contributed by atoms with Crippen LogP contribution in [-0.4, -0.2) is 32.4 Å². The van der Waals surface area contributed by atoms with E-state index in [2.05, 4.69) is 0 Å². The Hall–Kier alpha value is 0.0900. The van der Waals surface area contributed by atoms with Crippen LogP contribution in [0.15, 0.2) is 0 Å². The molecule has 0 aliphatic carbocycles. The van der Waals surface area contributed by atoms with Crippen molar-refractivity contribution in [3.05, 3.63) is 0 Å². The summed E-state index contributed by atoms with van der Waals surface area (Å²) in [6.07, 6.45) is 0. The fraction of sp³-hybridized carbons (Fsp3) is 1.00.